The summed E-state index contributed by atoms with van der Waals surface area (Å²) >= 11 is 0. The predicted molar refractivity (Wildman–Crippen MR) is 90.9 cm³/mol. The van der Waals surface area contributed by atoms with Crippen LogP contribution >= 0.6 is 0 Å². The first kappa shape index (κ1) is 16.0. The van der Waals surface area contributed by atoms with Gasteiger partial charge in [0.2, 0.25) is 0 Å². The Kier molecular flexibility index (Phi) is 4.79. The molecule has 0 atom stereocenters. The zero-order chi connectivity index (χ0) is 16.9. The van der Waals surface area contributed by atoms with Crippen LogP contribution in [0.15, 0.2) is 36.5 Å². The van der Waals surface area contributed by atoms with Gasteiger partial charge in [0.1, 0.15) is 16.8 Å². The minimum atomic E-state index is -0.150. The van der Waals surface area contributed by atoms with E-state index in [1.54, 1.807) is 0 Å². The van der Waals surface area contributed by atoms with Crippen LogP contribution in [0.5, 0.6) is 5.75 Å². The molecule has 0 bridgehead atoms. The summed E-state index contributed by atoms with van der Waals surface area (Å²) < 4.78 is 9.22. The van der Waals surface area contributed by atoms with Crippen LogP contribution in [0.2, 0.25) is 0 Å². The lowest BCUT2D eigenvalue weighted by molar-refractivity contribution is -0.123. The Morgan fingerprint density at radius 1 is 1.25 bits per heavy atom. The molecule has 1 N–H and O–H groups in total. The van der Waals surface area contributed by atoms with Crippen molar-refractivity contribution in [3.8, 4) is 5.75 Å². The number of rotatable bonds is 7. The van der Waals surface area contributed by atoms with E-state index in [-0.39, 0.29) is 12.5 Å². The zero-order valence-electron chi connectivity index (χ0n) is 13.9. The Labute approximate surface area is 140 Å². The molecule has 0 saturated heterocycles. The highest BCUT2D eigenvalue weighted by atomic mass is 16.5. The van der Waals surface area contributed by atoms with Gasteiger partial charge in [0.25, 0.3) is 5.91 Å². The van der Waals surface area contributed by atoms with Crippen LogP contribution in [-0.2, 0) is 17.9 Å². The van der Waals surface area contributed by atoms with E-state index in [4.69, 9.17) is 4.74 Å². The number of para-hydroxylation sites is 1. The number of nitrogens with one attached hydrogen (secondary N) is 1. The van der Waals surface area contributed by atoms with E-state index < -0.39 is 0 Å². The van der Waals surface area contributed by atoms with Gasteiger partial charge in [0.15, 0.2) is 6.61 Å². The quantitative estimate of drug-likeness (QED) is 0.717. The predicted octanol–water partition coefficient (Wildman–Crippen LogP) is 1.76. The van der Waals surface area contributed by atoms with Crippen molar-refractivity contribution >= 4 is 16.9 Å². The molecule has 7 heteroatoms. The number of aromatic nitrogens is 4. The number of hydrogen-bond donors (Lipinski definition) is 1. The van der Waals surface area contributed by atoms with E-state index in [0.29, 0.717) is 18.8 Å². The molecule has 3 aromatic rings. The molecule has 1 amide bonds. The Bertz CT molecular complexity index is 822. The van der Waals surface area contributed by atoms with Gasteiger partial charge in [0.05, 0.1) is 18.4 Å². The molecule has 2 aromatic heterocycles. The lowest BCUT2D eigenvalue weighted by Crippen LogP contribution is -2.31. The van der Waals surface area contributed by atoms with Gasteiger partial charge in [-0.25, -0.2) is 0 Å². The molecule has 126 valence electrons. The van der Waals surface area contributed by atoms with Crippen molar-refractivity contribution in [2.24, 2.45) is 0 Å². The van der Waals surface area contributed by atoms with Gasteiger partial charge in [-0.3, -0.25) is 14.2 Å². The molecule has 1 aromatic carbocycles. The van der Waals surface area contributed by atoms with Gasteiger partial charge in [-0.15, -0.1) is 0 Å². The van der Waals surface area contributed by atoms with Gasteiger partial charge in [-0.1, -0.05) is 18.2 Å². The Hall–Kier alpha value is -2.83. The normalized spacial score (nSPS) is 10.9. The number of amides is 1. The van der Waals surface area contributed by atoms with Gasteiger partial charge in [-0.2, -0.15) is 10.2 Å². The molecule has 0 saturated carbocycles. The zero-order valence-corrected chi connectivity index (χ0v) is 13.9. The summed E-state index contributed by atoms with van der Waals surface area (Å²) in [7, 11) is 0. The molecule has 0 fully saturated rings. The molecule has 24 heavy (non-hydrogen) atoms. The van der Waals surface area contributed by atoms with Crippen LogP contribution in [0.1, 0.15) is 12.6 Å². The molecule has 0 aliphatic heterocycles. The number of aryl methyl sites for hydroxylation is 2. The monoisotopic (exact) mass is 327 g/mol. The number of nitrogens with zero attached hydrogens (tertiary/aromatic N) is 4. The highest BCUT2D eigenvalue weighted by Crippen LogP contribution is 2.17. The molecule has 0 spiro atoms. The van der Waals surface area contributed by atoms with Crippen LogP contribution in [-0.4, -0.2) is 38.6 Å². The summed E-state index contributed by atoms with van der Waals surface area (Å²) in [5.74, 6) is 0.535. The van der Waals surface area contributed by atoms with Crippen molar-refractivity contribution in [2.75, 3.05) is 13.2 Å². The van der Waals surface area contributed by atoms with Crippen molar-refractivity contribution < 1.29 is 9.53 Å². The third-order valence-corrected chi connectivity index (χ3v) is 3.77. The number of ether oxygens (including phenoxy) is 1. The Balaban J connectivity index is 1.51. The van der Waals surface area contributed by atoms with Crippen molar-refractivity contribution in [1.82, 2.24) is 24.9 Å². The highest BCUT2D eigenvalue weighted by Gasteiger charge is 2.12. The van der Waals surface area contributed by atoms with Crippen molar-refractivity contribution in [1.29, 1.82) is 0 Å². The smallest absolute Gasteiger partial charge is 0.258 e. The van der Waals surface area contributed by atoms with Crippen LogP contribution in [0.25, 0.3) is 11.0 Å². The maximum Gasteiger partial charge on any atom is 0.258 e. The van der Waals surface area contributed by atoms with Crippen molar-refractivity contribution in [2.45, 2.75) is 26.9 Å². The molecule has 7 nitrogen and oxygen atoms in total. The van der Waals surface area contributed by atoms with E-state index in [1.807, 2.05) is 52.8 Å². The van der Waals surface area contributed by atoms with Crippen LogP contribution in [0, 0.1) is 6.92 Å². The summed E-state index contributed by atoms with van der Waals surface area (Å²) in [6.07, 6.45) is 1.82. The van der Waals surface area contributed by atoms with Gasteiger partial charge in [0, 0.05) is 13.1 Å². The minimum absolute atomic E-state index is 0.00528. The largest absolute Gasteiger partial charge is 0.484 e. The number of hydrogen-bond acceptors (Lipinski definition) is 4. The fourth-order valence-corrected chi connectivity index (χ4v) is 2.65. The first-order chi connectivity index (χ1) is 11.7. The summed E-state index contributed by atoms with van der Waals surface area (Å²) in [6, 6.07) is 9.29. The lowest BCUT2D eigenvalue weighted by Gasteiger charge is -2.08. The van der Waals surface area contributed by atoms with Crippen molar-refractivity contribution in [3.05, 3.63) is 42.2 Å². The third-order valence-electron chi connectivity index (χ3n) is 3.77. The summed E-state index contributed by atoms with van der Waals surface area (Å²) in [5.41, 5.74) is 2.99. The van der Waals surface area contributed by atoms with E-state index >= 15 is 0 Å². The first-order valence-corrected chi connectivity index (χ1v) is 8.02. The average molecular weight is 327 g/mol. The van der Waals surface area contributed by atoms with Crippen LogP contribution in [0.4, 0.5) is 0 Å². The fraction of sp³-hybridized carbons (Fsp3) is 0.353. The summed E-state index contributed by atoms with van der Waals surface area (Å²) in [5, 5.41) is 11.7. The summed E-state index contributed by atoms with van der Waals surface area (Å²) in [6.45, 7) is 5.92. The SMILES string of the molecule is CCn1nc(C)c2c1cnn2CCNC(=O)COc1ccccc1. The van der Waals surface area contributed by atoms with Crippen molar-refractivity contribution in [3.63, 3.8) is 0 Å². The molecule has 0 aliphatic rings. The molecule has 0 aliphatic carbocycles. The van der Waals surface area contributed by atoms with E-state index in [1.165, 1.54) is 0 Å². The number of carbonyl (C=O) groups excluding carboxylic acids is 1. The molecular weight excluding hydrogens is 306 g/mol. The maximum absolute atomic E-state index is 11.8. The van der Waals surface area contributed by atoms with Gasteiger partial charge >= 0.3 is 0 Å². The molecule has 3 rings (SSSR count). The van der Waals surface area contributed by atoms with Crippen LogP contribution in [0.3, 0.4) is 0 Å². The maximum atomic E-state index is 11.8. The number of benzene rings is 1. The standard InChI is InChI=1S/C17H21N5O2/c1-3-21-15-11-19-22(17(15)13(2)20-21)10-9-18-16(23)12-24-14-7-5-4-6-8-14/h4-8,11H,3,9-10,12H2,1-2H3,(H,18,23). The first-order valence-electron chi connectivity index (χ1n) is 8.02. The molecule has 2 heterocycles. The Morgan fingerprint density at radius 3 is 2.79 bits per heavy atom. The minimum Gasteiger partial charge on any atom is -0.484 e. The molecular formula is C17H21N5O2. The average Bonchev–Trinajstić information content (AvgIpc) is 3.15. The fourth-order valence-electron chi connectivity index (χ4n) is 2.65. The molecule has 0 unspecified atom stereocenters. The van der Waals surface area contributed by atoms with E-state index in [0.717, 1.165) is 23.3 Å². The van der Waals surface area contributed by atoms with Crippen LogP contribution < -0.4 is 10.1 Å². The van der Waals surface area contributed by atoms with Gasteiger partial charge in [-0.05, 0) is 26.0 Å². The summed E-state index contributed by atoms with van der Waals surface area (Å²) in [4.78, 5) is 11.8. The highest BCUT2D eigenvalue weighted by molar-refractivity contribution is 5.78. The lowest BCUT2D eigenvalue weighted by atomic mass is 10.3. The second kappa shape index (κ2) is 7.16. The second-order valence-electron chi connectivity index (χ2n) is 5.45. The molecule has 0 radical (unpaired) electrons. The second-order valence-corrected chi connectivity index (χ2v) is 5.45. The number of fused-ring (bicyclic) bond motifs is 1. The number of carbonyl (C=O) groups is 1. The topological polar surface area (TPSA) is 74.0 Å². The Morgan fingerprint density at radius 2 is 2.04 bits per heavy atom. The van der Waals surface area contributed by atoms with E-state index in [9.17, 15) is 4.79 Å². The van der Waals surface area contributed by atoms with E-state index in [2.05, 4.69) is 22.4 Å². The van der Waals surface area contributed by atoms with Gasteiger partial charge < -0.3 is 10.1 Å². The third kappa shape index (κ3) is 3.40.